The van der Waals surface area contributed by atoms with E-state index in [0.29, 0.717) is 28.5 Å². The number of H-pyrrole nitrogens is 1. The van der Waals surface area contributed by atoms with Crippen LogP contribution >= 0.6 is 34.7 Å². The molecule has 1 N–H and O–H groups in total. The van der Waals surface area contributed by atoms with Gasteiger partial charge in [-0.15, -0.1) is 28.1 Å². The second-order valence-corrected chi connectivity index (χ2v) is 9.45. The van der Waals surface area contributed by atoms with Gasteiger partial charge in [-0.2, -0.15) is 0 Å². The first-order valence-electron chi connectivity index (χ1n) is 10.1. The highest BCUT2D eigenvalue weighted by molar-refractivity contribution is 7.98. The van der Waals surface area contributed by atoms with Gasteiger partial charge >= 0.3 is 0 Å². The topological polar surface area (TPSA) is 76.5 Å². The van der Waals surface area contributed by atoms with E-state index < -0.39 is 0 Å². The van der Waals surface area contributed by atoms with Crippen LogP contribution in [0.2, 0.25) is 5.02 Å². The fourth-order valence-corrected chi connectivity index (χ4v) is 5.44. The molecule has 3 aromatic heterocycles. The fourth-order valence-electron chi connectivity index (χ4n) is 3.53. The average molecular weight is 492 g/mol. The molecule has 9 heteroatoms. The van der Waals surface area contributed by atoms with Crippen LogP contribution in [-0.4, -0.2) is 24.7 Å². The summed E-state index contributed by atoms with van der Waals surface area (Å²) in [4.78, 5) is 21.3. The Morgan fingerprint density at radius 2 is 1.88 bits per heavy atom. The van der Waals surface area contributed by atoms with Crippen molar-refractivity contribution in [1.29, 1.82) is 0 Å². The number of benzene rings is 2. The Bertz CT molecular complexity index is 1490. The molecular weight excluding hydrogens is 474 g/mol. The van der Waals surface area contributed by atoms with Gasteiger partial charge in [0.1, 0.15) is 10.7 Å². The minimum absolute atomic E-state index is 0.134. The van der Waals surface area contributed by atoms with Crippen LogP contribution in [0.4, 0.5) is 0 Å². The third kappa shape index (κ3) is 4.37. The molecule has 0 aliphatic carbocycles. The van der Waals surface area contributed by atoms with Crippen LogP contribution in [0.3, 0.4) is 0 Å². The van der Waals surface area contributed by atoms with Gasteiger partial charge in [-0.25, -0.2) is 4.98 Å². The number of aromatic nitrogens is 5. The highest BCUT2D eigenvalue weighted by atomic mass is 35.5. The lowest BCUT2D eigenvalue weighted by molar-refractivity contribution is 0.730. The first kappa shape index (κ1) is 21.6. The van der Waals surface area contributed by atoms with Crippen molar-refractivity contribution in [3.05, 3.63) is 93.8 Å². The molecule has 0 bridgehead atoms. The van der Waals surface area contributed by atoms with Gasteiger partial charge in [-0.05, 0) is 29.8 Å². The molecule has 5 aromatic rings. The minimum Gasteiger partial charge on any atom is -0.309 e. The van der Waals surface area contributed by atoms with E-state index in [1.807, 2.05) is 64.5 Å². The van der Waals surface area contributed by atoms with Crippen molar-refractivity contribution < 1.29 is 0 Å². The molecule has 0 spiro atoms. The van der Waals surface area contributed by atoms with Crippen molar-refractivity contribution in [2.24, 2.45) is 0 Å². The minimum atomic E-state index is -0.134. The number of halogens is 1. The number of thiophene rings is 1. The zero-order valence-corrected chi connectivity index (χ0v) is 19.8. The van der Waals surface area contributed by atoms with Crippen molar-refractivity contribution in [1.82, 2.24) is 24.7 Å². The van der Waals surface area contributed by atoms with Crippen molar-refractivity contribution >= 4 is 44.9 Å². The maximum absolute atomic E-state index is 12.9. The standard InChI is InChI=1S/C24H18ClN5OS2/c1-2-12-30-21(16-8-10-17(25)11-9-16)28-29-24(30)33-14-19-26-22(31)20-18(13-32-23(20)27-19)15-6-4-3-5-7-15/h2-11,13H,1,12,14H2,(H,26,27,31). The molecule has 0 radical (unpaired) electrons. The Kier molecular flexibility index (Phi) is 6.13. The fraction of sp³-hybridized carbons (Fsp3) is 0.0833. The zero-order chi connectivity index (χ0) is 22.8. The predicted octanol–water partition coefficient (Wildman–Crippen LogP) is 6.04. The number of nitrogens with zero attached hydrogens (tertiary/aromatic N) is 4. The van der Waals surface area contributed by atoms with Crippen molar-refractivity contribution in [2.75, 3.05) is 0 Å². The number of hydrogen-bond donors (Lipinski definition) is 1. The van der Waals surface area contributed by atoms with Crippen LogP contribution in [0.25, 0.3) is 32.7 Å². The second-order valence-electron chi connectivity index (χ2n) is 7.21. The Labute approximate surface area is 203 Å². The van der Waals surface area contributed by atoms with Gasteiger partial charge in [0.2, 0.25) is 0 Å². The van der Waals surface area contributed by atoms with E-state index in [1.165, 1.54) is 23.1 Å². The highest BCUT2D eigenvalue weighted by Crippen LogP contribution is 2.31. The number of nitrogens with one attached hydrogen (secondary N) is 1. The normalized spacial score (nSPS) is 11.2. The first-order chi connectivity index (χ1) is 16.1. The average Bonchev–Trinajstić information content (AvgIpc) is 3.44. The summed E-state index contributed by atoms with van der Waals surface area (Å²) in [6.07, 6.45) is 1.80. The van der Waals surface area contributed by atoms with Gasteiger partial charge in [0, 0.05) is 28.1 Å². The predicted molar refractivity (Wildman–Crippen MR) is 136 cm³/mol. The summed E-state index contributed by atoms with van der Waals surface area (Å²) in [5, 5.41) is 12.7. The van der Waals surface area contributed by atoms with E-state index in [2.05, 4.69) is 21.8 Å². The van der Waals surface area contributed by atoms with Crippen LogP contribution < -0.4 is 5.56 Å². The quantitative estimate of drug-likeness (QED) is 0.222. The summed E-state index contributed by atoms with van der Waals surface area (Å²) in [5.74, 6) is 1.79. The number of allylic oxidation sites excluding steroid dienone is 1. The van der Waals surface area contributed by atoms with Gasteiger partial charge in [0.25, 0.3) is 5.56 Å². The van der Waals surface area contributed by atoms with Gasteiger partial charge < -0.3 is 4.98 Å². The maximum atomic E-state index is 12.9. The maximum Gasteiger partial charge on any atom is 0.260 e. The summed E-state index contributed by atoms with van der Waals surface area (Å²) in [7, 11) is 0. The number of rotatable bonds is 7. The molecule has 3 heterocycles. The van der Waals surface area contributed by atoms with Crippen LogP contribution in [0, 0.1) is 0 Å². The Hall–Kier alpha value is -3.20. The largest absolute Gasteiger partial charge is 0.309 e. The molecule has 0 fully saturated rings. The lowest BCUT2D eigenvalue weighted by Crippen LogP contribution is -2.11. The molecule has 0 saturated carbocycles. The van der Waals surface area contributed by atoms with Crippen molar-refractivity contribution in [3.63, 3.8) is 0 Å². The van der Waals surface area contributed by atoms with Crippen LogP contribution in [0.15, 0.2) is 82.6 Å². The molecule has 164 valence electrons. The number of hydrogen-bond acceptors (Lipinski definition) is 6. The first-order valence-corrected chi connectivity index (χ1v) is 12.4. The highest BCUT2D eigenvalue weighted by Gasteiger charge is 2.16. The molecule has 0 aliphatic rings. The third-order valence-electron chi connectivity index (χ3n) is 5.05. The second kappa shape index (κ2) is 9.35. The molecule has 0 amide bonds. The number of thioether (sulfide) groups is 1. The summed E-state index contributed by atoms with van der Waals surface area (Å²) in [6.45, 7) is 4.41. The van der Waals surface area contributed by atoms with E-state index in [9.17, 15) is 4.79 Å². The van der Waals surface area contributed by atoms with Crippen molar-refractivity contribution in [2.45, 2.75) is 17.5 Å². The molecule has 0 saturated heterocycles. The van der Waals surface area contributed by atoms with Gasteiger partial charge in [0.05, 0.1) is 11.1 Å². The lowest BCUT2D eigenvalue weighted by atomic mass is 10.1. The monoisotopic (exact) mass is 491 g/mol. The van der Waals surface area contributed by atoms with E-state index in [0.717, 1.165) is 32.5 Å². The molecule has 5 rings (SSSR count). The number of fused-ring (bicyclic) bond motifs is 1. The Morgan fingerprint density at radius 1 is 1.09 bits per heavy atom. The van der Waals surface area contributed by atoms with Crippen LogP contribution in [-0.2, 0) is 12.3 Å². The molecule has 0 atom stereocenters. The van der Waals surface area contributed by atoms with E-state index in [1.54, 1.807) is 6.08 Å². The third-order valence-corrected chi connectivity index (χ3v) is 7.15. The zero-order valence-electron chi connectivity index (χ0n) is 17.4. The summed E-state index contributed by atoms with van der Waals surface area (Å²) in [5.41, 5.74) is 2.69. The Morgan fingerprint density at radius 3 is 2.64 bits per heavy atom. The SMILES string of the molecule is C=CCn1c(SCc2nc3scc(-c4ccccc4)c3c(=O)[nH]2)nnc1-c1ccc(Cl)cc1. The summed E-state index contributed by atoms with van der Waals surface area (Å²) < 4.78 is 1.98. The van der Waals surface area contributed by atoms with E-state index in [4.69, 9.17) is 16.6 Å². The van der Waals surface area contributed by atoms with E-state index >= 15 is 0 Å². The smallest absolute Gasteiger partial charge is 0.260 e. The van der Waals surface area contributed by atoms with Gasteiger partial charge in [0.15, 0.2) is 11.0 Å². The molecule has 0 aliphatic heterocycles. The van der Waals surface area contributed by atoms with Gasteiger partial charge in [-0.1, -0.05) is 59.8 Å². The molecule has 0 unspecified atom stereocenters. The molecule has 6 nitrogen and oxygen atoms in total. The van der Waals surface area contributed by atoms with Crippen LogP contribution in [0.1, 0.15) is 5.82 Å². The number of aromatic amines is 1. The molecular formula is C24H18ClN5OS2. The summed E-state index contributed by atoms with van der Waals surface area (Å²) in [6, 6.07) is 17.3. The molecule has 33 heavy (non-hydrogen) atoms. The van der Waals surface area contributed by atoms with Gasteiger partial charge in [-0.3, -0.25) is 9.36 Å². The lowest BCUT2D eigenvalue weighted by Gasteiger charge is -2.08. The van der Waals surface area contributed by atoms with E-state index in [-0.39, 0.29) is 5.56 Å². The Balaban J connectivity index is 1.43. The van der Waals surface area contributed by atoms with Crippen LogP contribution in [0.5, 0.6) is 0 Å². The van der Waals surface area contributed by atoms with Crippen molar-refractivity contribution in [3.8, 4) is 22.5 Å². The summed E-state index contributed by atoms with van der Waals surface area (Å²) >= 11 is 8.96. The molecule has 2 aromatic carbocycles.